The molecule has 0 saturated heterocycles. The molecule has 2 heterocycles. The number of carbonyl (C=O) groups is 1. The second-order valence-electron chi connectivity index (χ2n) is 6.27. The molecule has 0 amide bonds. The van der Waals surface area contributed by atoms with Crippen molar-refractivity contribution in [1.82, 2.24) is 0 Å². The van der Waals surface area contributed by atoms with Crippen molar-refractivity contribution in [1.29, 1.82) is 0 Å². The number of phenolic OH excluding ortho intramolecular Hbond substituents is 2. The van der Waals surface area contributed by atoms with Crippen LogP contribution in [-0.2, 0) is 10.3 Å². The van der Waals surface area contributed by atoms with Crippen LogP contribution >= 0.6 is 45.2 Å². The molecule has 2 aliphatic rings. The Balaban J connectivity index is 0.00000192. The number of hydrogen-bond acceptors (Lipinski definition) is 5. The summed E-state index contributed by atoms with van der Waals surface area (Å²) in [4.78, 5) is 12.7. The Kier molecular flexibility index (Phi) is 5.10. The van der Waals surface area contributed by atoms with Crippen LogP contribution in [0.3, 0.4) is 0 Å². The van der Waals surface area contributed by atoms with Gasteiger partial charge in [0.2, 0.25) is 0 Å². The fourth-order valence-corrected chi connectivity index (χ4v) is 4.87. The number of aromatic hydroxyl groups is 2. The van der Waals surface area contributed by atoms with E-state index in [1.165, 1.54) is 0 Å². The van der Waals surface area contributed by atoms with Gasteiger partial charge in [0.15, 0.2) is 17.1 Å². The molecule has 28 heavy (non-hydrogen) atoms. The number of halogens is 2. The Labute approximate surface area is 209 Å². The molecule has 1 spiro atoms. The van der Waals surface area contributed by atoms with Gasteiger partial charge in [-0.2, -0.15) is 0 Å². The van der Waals surface area contributed by atoms with Crippen LogP contribution < -0.4 is 4.74 Å². The number of phenols is 2. The van der Waals surface area contributed by atoms with E-state index < -0.39 is 11.6 Å². The largest absolute Gasteiger partial charge is 0.507 e. The van der Waals surface area contributed by atoms with Gasteiger partial charge >= 0.3 is 5.97 Å². The second-order valence-corrected chi connectivity index (χ2v) is 8.43. The summed E-state index contributed by atoms with van der Waals surface area (Å²) in [6.07, 6.45) is 0. The second kappa shape index (κ2) is 7.05. The molecular formula is C20H10I2NaO5. The first-order chi connectivity index (χ1) is 12.9. The monoisotopic (exact) mass is 607 g/mol. The van der Waals surface area contributed by atoms with E-state index in [-0.39, 0.29) is 41.1 Å². The van der Waals surface area contributed by atoms with Gasteiger partial charge in [0.05, 0.1) is 12.7 Å². The van der Waals surface area contributed by atoms with Crippen LogP contribution in [0.1, 0.15) is 27.0 Å². The zero-order valence-corrected chi connectivity index (χ0v) is 20.8. The Morgan fingerprint density at radius 3 is 1.89 bits per heavy atom. The minimum atomic E-state index is -1.20. The Bertz CT molecular complexity index is 1100. The first kappa shape index (κ1) is 20.3. The molecule has 8 heteroatoms. The fraction of sp³-hybridized carbons (Fsp3) is 0.0500. The van der Waals surface area contributed by atoms with Gasteiger partial charge in [-0.15, -0.1) is 0 Å². The number of fused-ring (bicyclic) bond motifs is 6. The van der Waals surface area contributed by atoms with E-state index in [2.05, 4.69) is 0 Å². The van der Waals surface area contributed by atoms with E-state index in [1.54, 1.807) is 36.4 Å². The van der Waals surface area contributed by atoms with Gasteiger partial charge in [-0.25, -0.2) is 4.79 Å². The van der Waals surface area contributed by atoms with Crippen molar-refractivity contribution in [2.45, 2.75) is 5.60 Å². The molecule has 0 fully saturated rings. The van der Waals surface area contributed by atoms with E-state index in [0.29, 0.717) is 40.9 Å². The summed E-state index contributed by atoms with van der Waals surface area (Å²) < 4.78 is 13.1. The van der Waals surface area contributed by atoms with Crippen molar-refractivity contribution >= 4 is 80.7 Å². The van der Waals surface area contributed by atoms with E-state index >= 15 is 0 Å². The molecule has 0 aromatic heterocycles. The number of rotatable bonds is 0. The van der Waals surface area contributed by atoms with Gasteiger partial charge in [0.25, 0.3) is 0 Å². The van der Waals surface area contributed by atoms with Gasteiger partial charge in [0, 0.05) is 46.2 Å². The first-order valence-corrected chi connectivity index (χ1v) is 10.2. The Hall–Kier alpha value is -1.01. The van der Waals surface area contributed by atoms with Crippen LogP contribution in [-0.4, -0.2) is 45.7 Å². The molecule has 0 unspecified atom stereocenters. The fourth-order valence-electron chi connectivity index (χ4n) is 3.71. The van der Waals surface area contributed by atoms with Crippen molar-refractivity contribution in [3.05, 3.63) is 77.9 Å². The molecule has 5 rings (SSSR count). The van der Waals surface area contributed by atoms with Gasteiger partial charge < -0.3 is 19.7 Å². The minimum absolute atomic E-state index is 0. The summed E-state index contributed by atoms with van der Waals surface area (Å²) in [6, 6.07) is 13.8. The van der Waals surface area contributed by atoms with E-state index in [9.17, 15) is 15.0 Å². The predicted octanol–water partition coefficient (Wildman–Crippen LogP) is 4.49. The van der Waals surface area contributed by atoms with Gasteiger partial charge in [-0.05, 0) is 75.5 Å². The van der Waals surface area contributed by atoms with Gasteiger partial charge in [0.1, 0.15) is 11.5 Å². The van der Waals surface area contributed by atoms with Crippen molar-refractivity contribution in [3.8, 4) is 23.0 Å². The van der Waals surface area contributed by atoms with Crippen LogP contribution in [0.2, 0.25) is 0 Å². The van der Waals surface area contributed by atoms with Gasteiger partial charge in [-0.1, -0.05) is 18.2 Å². The van der Waals surface area contributed by atoms with Crippen molar-refractivity contribution < 1.29 is 24.5 Å². The minimum Gasteiger partial charge on any atom is -0.507 e. The zero-order chi connectivity index (χ0) is 18.9. The number of carbonyl (C=O) groups excluding carboxylic acids is 1. The summed E-state index contributed by atoms with van der Waals surface area (Å²) in [6.45, 7) is 0. The third-order valence-corrected chi connectivity index (χ3v) is 6.97. The summed E-state index contributed by atoms with van der Waals surface area (Å²) in [5.74, 6) is 0.546. The number of hydrogen-bond donors (Lipinski definition) is 2. The normalized spacial score (nSPS) is 15.0. The smallest absolute Gasteiger partial charge is 0.340 e. The molecule has 1 radical (unpaired) electrons. The Morgan fingerprint density at radius 2 is 1.32 bits per heavy atom. The number of benzene rings is 3. The third-order valence-electron chi connectivity index (χ3n) is 4.89. The zero-order valence-electron chi connectivity index (χ0n) is 14.5. The molecule has 0 aliphatic carbocycles. The Morgan fingerprint density at radius 1 is 0.786 bits per heavy atom. The molecule has 0 atom stereocenters. The van der Waals surface area contributed by atoms with Crippen LogP contribution in [0.4, 0.5) is 0 Å². The molecule has 5 nitrogen and oxygen atoms in total. The van der Waals surface area contributed by atoms with Crippen LogP contribution in [0.5, 0.6) is 23.0 Å². The predicted molar refractivity (Wildman–Crippen MR) is 119 cm³/mol. The SMILES string of the molecule is O=C1OC2(c3ccccc31)c1ccc(O)c(I)c1Oc1c2ccc(O)c1I.[Na]. The maximum Gasteiger partial charge on any atom is 0.340 e. The molecule has 3 aromatic carbocycles. The average molecular weight is 607 g/mol. The molecule has 2 aliphatic heterocycles. The average Bonchev–Trinajstić information content (AvgIpc) is 2.96. The summed E-state index contributed by atoms with van der Waals surface area (Å²) in [5, 5.41) is 20.4. The molecule has 2 N–H and O–H groups in total. The summed E-state index contributed by atoms with van der Waals surface area (Å²) in [7, 11) is 0. The molecular weight excluding hydrogens is 597 g/mol. The van der Waals surface area contributed by atoms with Gasteiger partial charge in [-0.3, -0.25) is 0 Å². The maximum atomic E-state index is 12.7. The van der Waals surface area contributed by atoms with E-state index in [4.69, 9.17) is 9.47 Å². The standard InChI is InChI=1S/C20H10I2O5.Na/c21-15-13(23)7-5-11-17(15)26-18-12(6-8-14(24)16(18)22)20(11)10-4-2-1-3-9(10)19(25)27-20;/h1-8,23-24H;. The van der Waals surface area contributed by atoms with E-state index in [1.807, 2.05) is 57.3 Å². The molecule has 3 aromatic rings. The molecule has 135 valence electrons. The maximum absolute atomic E-state index is 12.7. The molecule has 0 bridgehead atoms. The van der Waals surface area contributed by atoms with E-state index in [0.717, 1.165) is 0 Å². The quantitative estimate of drug-likeness (QED) is 0.224. The van der Waals surface area contributed by atoms with Crippen molar-refractivity contribution in [3.63, 3.8) is 0 Å². The van der Waals surface area contributed by atoms with Crippen molar-refractivity contribution in [2.24, 2.45) is 0 Å². The van der Waals surface area contributed by atoms with Crippen LogP contribution in [0, 0.1) is 7.14 Å². The first-order valence-electron chi connectivity index (χ1n) is 7.99. The number of ether oxygens (including phenoxy) is 2. The third kappa shape index (κ3) is 2.56. The van der Waals surface area contributed by atoms with Crippen molar-refractivity contribution in [2.75, 3.05) is 0 Å². The van der Waals surface area contributed by atoms with Crippen LogP contribution in [0.25, 0.3) is 0 Å². The molecule has 0 saturated carbocycles. The summed E-state index contributed by atoms with van der Waals surface area (Å²) >= 11 is 4.00. The topological polar surface area (TPSA) is 76.0 Å². The van der Waals surface area contributed by atoms with Crippen LogP contribution in [0.15, 0.2) is 48.5 Å². The number of esters is 1. The summed E-state index contributed by atoms with van der Waals surface area (Å²) in [5.41, 5.74) is 1.28.